The summed E-state index contributed by atoms with van der Waals surface area (Å²) in [7, 11) is 1.64. The predicted octanol–water partition coefficient (Wildman–Crippen LogP) is 2.00. The van der Waals surface area contributed by atoms with Gasteiger partial charge in [0, 0.05) is 17.2 Å². The Morgan fingerprint density at radius 2 is 2.21 bits per heavy atom. The number of rotatable bonds is 3. The number of carbonyl (C=O) groups is 1. The summed E-state index contributed by atoms with van der Waals surface area (Å²) < 4.78 is 3.00. The number of fused-ring (bicyclic) bond motifs is 1. The van der Waals surface area contributed by atoms with Gasteiger partial charge in [0.25, 0.3) is 0 Å². The largest absolute Gasteiger partial charge is 0.369 e. The lowest BCUT2D eigenvalue weighted by Crippen LogP contribution is -2.37. The third-order valence-electron chi connectivity index (χ3n) is 3.13. The molecule has 0 fully saturated rings. The molecule has 19 heavy (non-hydrogen) atoms. The molecule has 0 saturated heterocycles. The van der Waals surface area contributed by atoms with Crippen LogP contribution in [0.2, 0.25) is 0 Å². The lowest BCUT2D eigenvalue weighted by atomic mass is 9.92. The van der Waals surface area contributed by atoms with E-state index >= 15 is 0 Å². The number of nitrogens with one attached hydrogen (secondary N) is 1. The second-order valence-electron chi connectivity index (χ2n) is 5.15. The van der Waals surface area contributed by atoms with Gasteiger partial charge in [-0.25, -0.2) is 4.98 Å². The molecular formula is C13H17IN4O. The smallest absolute Gasteiger partial charge is 0.227 e. The Labute approximate surface area is 125 Å². The Balaban J connectivity index is 2.46. The number of amides is 1. The first-order valence-electron chi connectivity index (χ1n) is 5.98. The van der Waals surface area contributed by atoms with Crippen LogP contribution in [0.1, 0.15) is 13.8 Å². The van der Waals surface area contributed by atoms with Crippen LogP contribution in [0.4, 0.5) is 5.95 Å². The van der Waals surface area contributed by atoms with Crippen LogP contribution < -0.4 is 11.1 Å². The third kappa shape index (κ3) is 2.68. The zero-order valence-electron chi connectivity index (χ0n) is 11.2. The lowest BCUT2D eigenvalue weighted by molar-refractivity contribution is -0.129. The van der Waals surface area contributed by atoms with Crippen LogP contribution in [0.25, 0.3) is 11.0 Å². The monoisotopic (exact) mass is 372 g/mol. The van der Waals surface area contributed by atoms with Crippen molar-refractivity contribution < 1.29 is 4.79 Å². The molecule has 1 aromatic carbocycles. The van der Waals surface area contributed by atoms with Crippen molar-refractivity contribution in [2.75, 3.05) is 12.8 Å². The molecule has 2 aromatic rings. The first-order chi connectivity index (χ1) is 8.85. The molecule has 102 valence electrons. The summed E-state index contributed by atoms with van der Waals surface area (Å²) in [6.07, 6.45) is 0. The highest BCUT2D eigenvalue weighted by Crippen LogP contribution is 2.26. The SMILES string of the molecule is CNC(=O)C(C)(C)Cn1c(N)nc2cc(I)ccc21. The van der Waals surface area contributed by atoms with E-state index in [1.54, 1.807) is 7.05 Å². The Hall–Kier alpha value is -1.31. The Bertz CT molecular complexity index is 633. The van der Waals surface area contributed by atoms with E-state index in [1.165, 1.54) is 0 Å². The highest BCUT2D eigenvalue weighted by Gasteiger charge is 2.28. The molecule has 0 unspecified atom stereocenters. The molecule has 0 aliphatic carbocycles. The van der Waals surface area contributed by atoms with E-state index < -0.39 is 5.41 Å². The highest BCUT2D eigenvalue weighted by atomic mass is 127. The van der Waals surface area contributed by atoms with Gasteiger partial charge < -0.3 is 15.6 Å². The number of anilines is 1. The Morgan fingerprint density at radius 1 is 1.53 bits per heavy atom. The fourth-order valence-corrected chi connectivity index (χ4v) is 2.57. The number of halogens is 1. The minimum absolute atomic E-state index is 0.0146. The Kier molecular flexibility index (Phi) is 3.71. The number of nitrogens with two attached hydrogens (primary N) is 1. The number of hydrogen-bond acceptors (Lipinski definition) is 3. The Morgan fingerprint density at radius 3 is 2.84 bits per heavy atom. The van der Waals surface area contributed by atoms with Crippen LogP contribution >= 0.6 is 22.6 Å². The maximum atomic E-state index is 11.9. The molecule has 0 aliphatic rings. The summed E-state index contributed by atoms with van der Waals surface area (Å²) in [4.78, 5) is 16.2. The predicted molar refractivity (Wildman–Crippen MR) is 84.7 cm³/mol. The molecule has 5 nitrogen and oxygen atoms in total. The average molecular weight is 372 g/mol. The van der Waals surface area contributed by atoms with Gasteiger partial charge in [0.2, 0.25) is 11.9 Å². The molecule has 1 amide bonds. The minimum atomic E-state index is -0.542. The molecular weight excluding hydrogens is 355 g/mol. The number of hydrogen-bond donors (Lipinski definition) is 2. The van der Waals surface area contributed by atoms with Crippen LogP contribution in [-0.2, 0) is 11.3 Å². The number of nitrogen functional groups attached to an aromatic ring is 1. The molecule has 0 aliphatic heterocycles. The van der Waals surface area contributed by atoms with Crippen molar-refractivity contribution in [1.29, 1.82) is 0 Å². The fourth-order valence-electron chi connectivity index (χ4n) is 2.09. The van der Waals surface area contributed by atoms with Gasteiger partial charge in [0.1, 0.15) is 0 Å². The number of benzene rings is 1. The standard InChI is InChI=1S/C13H17IN4O/c1-13(2,11(19)16-3)7-18-10-5-4-8(14)6-9(10)17-12(18)15/h4-6H,7H2,1-3H3,(H2,15,17)(H,16,19). The second kappa shape index (κ2) is 4.99. The van der Waals surface area contributed by atoms with E-state index in [4.69, 9.17) is 5.73 Å². The number of imidazole rings is 1. The quantitative estimate of drug-likeness (QED) is 0.810. The summed E-state index contributed by atoms with van der Waals surface area (Å²) in [6, 6.07) is 5.98. The number of carbonyl (C=O) groups excluding carboxylic acids is 1. The fraction of sp³-hybridized carbons (Fsp3) is 0.385. The summed E-state index contributed by atoms with van der Waals surface area (Å²) in [6.45, 7) is 4.28. The molecule has 0 spiro atoms. The number of nitrogens with zero attached hydrogens (tertiary/aromatic N) is 2. The first-order valence-corrected chi connectivity index (χ1v) is 7.06. The zero-order chi connectivity index (χ0) is 14.2. The van der Waals surface area contributed by atoms with E-state index in [1.807, 2.05) is 36.6 Å². The van der Waals surface area contributed by atoms with E-state index in [0.29, 0.717) is 12.5 Å². The van der Waals surface area contributed by atoms with E-state index in [9.17, 15) is 4.79 Å². The molecule has 3 N–H and O–H groups in total. The van der Waals surface area contributed by atoms with Gasteiger partial charge in [-0.1, -0.05) is 0 Å². The molecule has 0 atom stereocenters. The van der Waals surface area contributed by atoms with Gasteiger partial charge in [0.15, 0.2) is 0 Å². The van der Waals surface area contributed by atoms with E-state index in [2.05, 4.69) is 32.9 Å². The van der Waals surface area contributed by atoms with Gasteiger partial charge in [-0.3, -0.25) is 4.79 Å². The minimum Gasteiger partial charge on any atom is -0.369 e. The van der Waals surface area contributed by atoms with Gasteiger partial charge in [0.05, 0.1) is 16.4 Å². The van der Waals surface area contributed by atoms with Crippen LogP contribution in [0.3, 0.4) is 0 Å². The summed E-state index contributed by atoms with van der Waals surface area (Å²) in [5, 5.41) is 2.68. The van der Waals surface area contributed by atoms with E-state index in [0.717, 1.165) is 14.6 Å². The number of aromatic nitrogens is 2. The van der Waals surface area contributed by atoms with Crippen molar-refractivity contribution in [3.05, 3.63) is 21.8 Å². The van der Waals surface area contributed by atoms with Crippen LogP contribution in [0.15, 0.2) is 18.2 Å². The van der Waals surface area contributed by atoms with Crippen molar-refractivity contribution >= 4 is 45.5 Å². The average Bonchev–Trinajstić information content (AvgIpc) is 2.63. The van der Waals surface area contributed by atoms with Crippen molar-refractivity contribution in [2.24, 2.45) is 5.41 Å². The molecule has 0 saturated carbocycles. The summed E-state index contributed by atoms with van der Waals surface area (Å²) >= 11 is 2.24. The van der Waals surface area contributed by atoms with Crippen LogP contribution in [0, 0.1) is 8.99 Å². The summed E-state index contributed by atoms with van der Waals surface area (Å²) in [5.74, 6) is 0.424. The normalized spacial score (nSPS) is 11.8. The third-order valence-corrected chi connectivity index (χ3v) is 3.81. The lowest BCUT2D eigenvalue weighted by Gasteiger charge is -2.23. The molecule has 0 radical (unpaired) electrons. The second-order valence-corrected chi connectivity index (χ2v) is 6.40. The molecule has 2 rings (SSSR count). The van der Waals surface area contributed by atoms with Gasteiger partial charge in [-0.05, 0) is 54.6 Å². The van der Waals surface area contributed by atoms with Crippen LogP contribution in [-0.4, -0.2) is 22.5 Å². The molecule has 1 heterocycles. The van der Waals surface area contributed by atoms with Crippen molar-refractivity contribution in [2.45, 2.75) is 20.4 Å². The van der Waals surface area contributed by atoms with Crippen molar-refractivity contribution in [3.8, 4) is 0 Å². The molecule has 6 heteroatoms. The van der Waals surface area contributed by atoms with Crippen molar-refractivity contribution in [1.82, 2.24) is 14.9 Å². The van der Waals surface area contributed by atoms with Crippen LogP contribution in [0.5, 0.6) is 0 Å². The van der Waals surface area contributed by atoms with Gasteiger partial charge in [-0.15, -0.1) is 0 Å². The first kappa shape index (κ1) is 14.1. The maximum Gasteiger partial charge on any atom is 0.227 e. The topological polar surface area (TPSA) is 72.9 Å². The highest BCUT2D eigenvalue weighted by molar-refractivity contribution is 14.1. The summed E-state index contributed by atoms with van der Waals surface area (Å²) in [5.41, 5.74) is 7.24. The van der Waals surface area contributed by atoms with Crippen molar-refractivity contribution in [3.63, 3.8) is 0 Å². The zero-order valence-corrected chi connectivity index (χ0v) is 13.4. The molecule has 0 bridgehead atoms. The van der Waals surface area contributed by atoms with E-state index in [-0.39, 0.29) is 5.91 Å². The van der Waals surface area contributed by atoms with Gasteiger partial charge >= 0.3 is 0 Å². The molecule has 1 aromatic heterocycles. The maximum absolute atomic E-state index is 11.9. The van der Waals surface area contributed by atoms with Gasteiger partial charge in [-0.2, -0.15) is 0 Å².